The molecule has 20 heavy (non-hydrogen) atoms. The van der Waals surface area contributed by atoms with Crippen LogP contribution in [0.3, 0.4) is 0 Å². The van der Waals surface area contributed by atoms with Crippen molar-refractivity contribution in [2.45, 2.75) is 20.4 Å². The van der Waals surface area contributed by atoms with Crippen LogP contribution in [-0.2, 0) is 11.3 Å². The second-order valence-electron chi connectivity index (χ2n) is 4.38. The summed E-state index contributed by atoms with van der Waals surface area (Å²) in [4.78, 5) is 12.0. The van der Waals surface area contributed by atoms with Crippen LogP contribution in [0.15, 0.2) is 24.3 Å². The van der Waals surface area contributed by atoms with Crippen LogP contribution in [0.25, 0.3) is 0 Å². The first-order chi connectivity index (χ1) is 9.51. The van der Waals surface area contributed by atoms with E-state index in [1.807, 2.05) is 19.9 Å². The minimum absolute atomic E-state index is 0.142. The number of rotatable bonds is 3. The van der Waals surface area contributed by atoms with E-state index < -0.39 is 0 Å². The molecule has 0 fully saturated rings. The average Bonchev–Trinajstić information content (AvgIpc) is 2.67. The van der Waals surface area contributed by atoms with Gasteiger partial charge in [-0.1, -0.05) is 0 Å². The van der Waals surface area contributed by atoms with Gasteiger partial charge in [0.05, 0.1) is 20.9 Å². The van der Waals surface area contributed by atoms with E-state index in [1.54, 1.807) is 28.9 Å². The van der Waals surface area contributed by atoms with Crippen LogP contribution >= 0.6 is 22.6 Å². The third-order valence-electron chi connectivity index (χ3n) is 2.88. The molecule has 1 aromatic heterocycles. The molecule has 6 heteroatoms. The molecule has 1 N–H and O–H groups in total. The number of anilines is 1. The first-order valence-corrected chi connectivity index (χ1v) is 7.08. The van der Waals surface area contributed by atoms with Gasteiger partial charge in [0.15, 0.2) is 0 Å². The van der Waals surface area contributed by atoms with Crippen molar-refractivity contribution in [2.75, 3.05) is 5.32 Å². The summed E-state index contributed by atoms with van der Waals surface area (Å²) in [5, 5.41) is 15.8. The summed E-state index contributed by atoms with van der Waals surface area (Å²) in [5.74, 6) is -0.142. The lowest BCUT2D eigenvalue weighted by Gasteiger charge is -2.06. The Kier molecular flexibility index (Phi) is 4.39. The largest absolute Gasteiger partial charge is 0.324 e. The molecule has 0 spiro atoms. The quantitative estimate of drug-likeness (QED) is 0.833. The van der Waals surface area contributed by atoms with Crippen LogP contribution in [0, 0.1) is 28.7 Å². The lowest BCUT2D eigenvalue weighted by Crippen LogP contribution is -2.20. The van der Waals surface area contributed by atoms with E-state index in [-0.39, 0.29) is 12.5 Å². The smallest absolute Gasteiger partial charge is 0.246 e. The topological polar surface area (TPSA) is 70.7 Å². The fourth-order valence-electron chi connectivity index (χ4n) is 1.79. The van der Waals surface area contributed by atoms with Crippen LogP contribution < -0.4 is 5.32 Å². The Bertz CT molecular complexity index is 682. The van der Waals surface area contributed by atoms with E-state index in [4.69, 9.17) is 5.26 Å². The number of carbonyl (C=O) groups excluding carboxylic acids is 1. The monoisotopic (exact) mass is 380 g/mol. The zero-order chi connectivity index (χ0) is 14.7. The molecule has 2 aromatic rings. The Morgan fingerprint density at radius 2 is 2.05 bits per heavy atom. The normalized spacial score (nSPS) is 10.1. The van der Waals surface area contributed by atoms with Gasteiger partial charge in [-0.2, -0.15) is 10.4 Å². The first kappa shape index (κ1) is 14.5. The Morgan fingerprint density at radius 3 is 2.55 bits per heavy atom. The number of benzene rings is 1. The predicted octanol–water partition coefficient (Wildman–Crippen LogP) is 2.61. The van der Waals surface area contributed by atoms with Gasteiger partial charge in [0.25, 0.3) is 0 Å². The number of hydrogen-bond donors (Lipinski definition) is 1. The van der Waals surface area contributed by atoms with Gasteiger partial charge >= 0.3 is 0 Å². The van der Waals surface area contributed by atoms with Gasteiger partial charge in [-0.3, -0.25) is 9.48 Å². The summed E-state index contributed by atoms with van der Waals surface area (Å²) >= 11 is 2.22. The second kappa shape index (κ2) is 6.05. The highest BCUT2D eigenvalue weighted by Gasteiger charge is 2.11. The number of halogens is 1. The van der Waals surface area contributed by atoms with Crippen molar-refractivity contribution in [3.63, 3.8) is 0 Å². The molecule has 0 saturated heterocycles. The second-order valence-corrected chi connectivity index (χ2v) is 5.46. The number of hydrogen-bond acceptors (Lipinski definition) is 3. The zero-order valence-corrected chi connectivity index (χ0v) is 13.3. The van der Waals surface area contributed by atoms with E-state index >= 15 is 0 Å². The summed E-state index contributed by atoms with van der Waals surface area (Å²) in [5.41, 5.74) is 3.15. The van der Waals surface area contributed by atoms with Crippen molar-refractivity contribution in [3.8, 4) is 6.07 Å². The maximum atomic E-state index is 12.0. The van der Waals surface area contributed by atoms with Crippen LogP contribution in [0.2, 0.25) is 0 Å². The Balaban J connectivity index is 2.05. The van der Waals surface area contributed by atoms with Gasteiger partial charge < -0.3 is 5.32 Å². The van der Waals surface area contributed by atoms with Crippen LogP contribution in [0.4, 0.5) is 5.69 Å². The minimum Gasteiger partial charge on any atom is -0.324 e. The van der Waals surface area contributed by atoms with Crippen molar-refractivity contribution in [3.05, 3.63) is 44.8 Å². The Labute approximate surface area is 130 Å². The lowest BCUT2D eigenvalue weighted by molar-refractivity contribution is -0.116. The molecule has 1 aromatic carbocycles. The summed E-state index contributed by atoms with van der Waals surface area (Å²) in [6.45, 7) is 4.04. The summed E-state index contributed by atoms with van der Waals surface area (Å²) in [7, 11) is 0. The van der Waals surface area contributed by atoms with E-state index in [9.17, 15) is 4.79 Å². The van der Waals surface area contributed by atoms with Gasteiger partial charge in [-0.25, -0.2) is 0 Å². The highest BCUT2D eigenvalue weighted by Crippen LogP contribution is 2.15. The molecular formula is C14H13IN4O. The molecule has 1 amide bonds. The SMILES string of the molecule is Cc1nn(CC(=O)Nc2ccc(C#N)cc2)c(C)c1I. The number of aryl methyl sites for hydroxylation is 1. The van der Waals surface area contributed by atoms with Gasteiger partial charge in [-0.05, 0) is 60.7 Å². The highest BCUT2D eigenvalue weighted by molar-refractivity contribution is 14.1. The molecular weight excluding hydrogens is 367 g/mol. The molecule has 102 valence electrons. The molecule has 0 unspecified atom stereocenters. The number of nitrogens with one attached hydrogen (secondary N) is 1. The van der Waals surface area contributed by atoms with Crippen molar-refractivity contribution >= 4 is 34.2 Å². The van der Waals surface area contributed by atoms with Crippen LogP contribution in [0.1, 0.15) is 17.0 Å². The molecule has 0 saturated carbocycles. The Morgan fingerprint density at radius 1 is 1.40 bits per heavy atom. The average molecular weight is 380 g/mol. The van der Waals surface area contributed by atoms with E-state index in [1.165, 1.54) is 0 Å². The third kappa shape index (κ3) is 3.17. The molecule has 0 radical (unpaired) electrons. The molecule has 0 atom stereocenters. The fraction of sp³-hybridized carbons (Fsp3) is 0.214. The third-order valence-corrected chi connectivity index (χ3v) is 4.45. The number of amides is 1. The van der Waals surface area contributed by atoms with Gasteiger partial charge in [0.1, 0.15) is 6.54 Å². The first-order valence-electron chi connectivity index (χ1n) is 6.01. The van der Waals surface area contributed by atoms with Crippen molar-refractivity contribution < 1.29 is 4.79 Å². The molecule has 0 aliphatic carbocycles. The van der Waals surface area contributed by atoms with Crippen LogP contribution in [0.5, 0.6) is 0 Å². The van der Waals surface area contributed by atoms with E-state index in [2.05, 4.69) is 33.0 Å². The lowest BCUT2D eigenvalue weighted by atomic mass is 10.2. The van der Waals surface area contributed by atoms with Crippen molar-refractivity contribution in [2.24, 2.45) is 0 Å². The maximum Gasteiger partial charge on any atom is 0.246 e. The van der Waals surface area contributed by atoms with Gasteiger partial charge in [0.2, 0.25) is 5.91 Å². The van der Waals surface area contributed by atoms with E-state index in [0.29, 0.717) is 11.3 Å². The minimum atomic E-state index is -0.142. The number of carbonyl (C=O) groups is 1. The summed E-state index contributed by atoms with van der Waals surface area (Å²) < 4.78 is 2.77. The fourth-order valence-corrected chi connectivity index (χ4v) is 2.18. The molecule has 0 bridgehead atoms. The van der Waals surface area contributed by atoms with E-state index in [0.717, 1.165) is 15.0 Å². The number of aromatic nitrogens is 2. The van der Waals surface area contributed by atoms with Gasteiger partial charge in [-0.15, -0.1) is 0 Å². The van der Waals surface area contributed by atoms with Gasteiger partial charge in [0, 0.05) is 11.4 Å². The summed E-state index contributed by atoms with van der Waals surface area (Å²) in [6.07, 6.45) is 0. The predicted molar refractivity (Wildman–Crippen MR) is 84.2 cm³/mol. The molecule has 5 nitrogen and oxygen atoms in total. The maximum absolute atomic E-state index is 12.0. The standard InChI is InChI=1S/C14H13IN4O/c1-9-14(15)10(2)19(18-9)8-13(20)17-12-5-3-11(7-16)4-6-12/h3-6H,8H2,1-2H3,(H,17,20). The Hall–Kier alpha value is -1.88. The molecule has 2 rings (SSSR count). The van der Waals surface area contributed by atoms with Crippen LogP contribution in [-0.4, -0.2) is 15.7 Å². The van der Waals surface area contributed by atoms with Crippen molar-refractivity contribution in [1.82, 2.24) is 9.78 Å². The number of nitrogens with zero attached hydrogens (tertiary/aromatic N) is 3. The highest BCUT2D eigenvalue weighted by atomic mass is 127. The zero-order valence-electron chi connectivity index (χ0n) is 11.1. The molecule has 0 aliphatic heterocycles. The molecule has 1 heterocycles. The molecule has 0 aliphatic rings. The van der Waals surface area contributed by atoms with Crippen molar-refractivity contribution in [1.29, 1.82) is 5.26 Å². The number of nitriles is 1. The summed E-state index contributed by atoms with van der Waals surface area (Å²) in [6, 6.07) is 8.79.